The Labute approximate surface area is 184 Å². The number of hydrogen-bond donors (Lipinski definition) is 0. The molecule has 0 aliphatic carbocycles. The van der Waals surface area contributed by atoms with E-state index in [-0.39, 0.29) is 6.10 Å². The second-order valence-electron chi connectivity index (χ2n) is 9.70. The number of anilines is 1. The smallest absolute Gasteiger partial charge is 0.340 e. The van der Waals surface area contributed by atoms with Gasteiger partial charge in [-0.05, 0) is 74.9 Å². The summed E-state index contributed by atoms with van der Waals surface area (Å²) in [5, 5.41) is 0. The molecule has 0 aromatic carbocycles. The maximum Gasteiger partial charge on any atom is 0.340 e. The Balaban J connectivity index is 2.60. The molecule has 6 heteroatoms. The van der Waals surface area contributed by atoms with Crippen LogP contribution in [0, 0.1) is 5.41 Å². The molecule has 0 unspecified atom stereocenters. The molecule has 0 saturated carbocycles. The molecular weight excluding hydrogens is 432 g/mol. The molecule has 1 aliphatic rings. The van der Waals surface area contributed by atoms with E-state index >= 15 is 0 Å². The normalized spacial score (nSPS) is 17.9. The Morgan fingerprint density at radius 1 is 1.31 bits per heavy atom. The number of pyridine rings is 1. The molecule has 0 N–H and O–H groups in total. The Hall–Kier alpha value is -1.40. The molecule has 1 aliphatic heterocycles. The number of esters is 1. The fourth-order valence-electron chi connectivity index (χ4n) is 3.46. The predicted octanol–water partition coefficient (Wildman–Crippen LogP) is 5.92. The molecule has 0 spiro atoms. The highest BCUT2D eigenvalue weighted by Gasteiger charge is 2.36. The van der Waals surface area contributed by atoms with Crippen LogP contribution in [0.5, 0.6) is 0 Å². The number of nitrogens with zero attached hydrogens (tertiary/aromatic N) is 2. The molecule has 2 rings (SSSR count). The van der Waals surface area contributed by atoms with Crippen molar-refractivity contribution in [3.63, 3.8) is 0 Å². The lowest BCUT2D eigenvalue weighted by Gasteiger charge is -2.40. The number of ether oxygens (including phenoxy) is 2. The SMILES string of the molecule is C=Cc1ncc(Br)c(N2CCC(C)(C)CC2)c1[C@H](OC(C)(C)C)C(=O)OC(C)C. The van der Waals surface area contributed by atoms with Crippen molar-refractivity contribution in [2.45, 2.75) is 79.1 Å². The number of carbonyl (C=O) groups excluding carboxylic acids is 1. The number of carbonyl (C=O) groups is 1. The van der Waals surface area contributed by atoms with E-state index in [9.17, 15) is 4.79 Å². The number of aromatic nitrogens is 1. The first kappa shape index (κ1) is 23.9. The van der Waals surface area contributed by atoms with Gasteiger partial charge in [0.25, 0.3) is 0 Å². The van der Waals surface area contributed by atoms with Crippen LogP contribution in [-0.2, 0) is 14.3 Å². The monoisotopic (exact) mass is 466 g/mol. The lowest BCUT2D eigenvalue weighted by molar-refractivity contribution is -0.171. The highest BCUT2D eigenvalue weighted by Crippen LogP contribution is 2.42. The summed E-state index contributed by atoms with van der Waals surface area (Å²) in [5.41, 5.74) is 2.08. The van der Waals surface area contributed by atoms with E-state index in [0.29, 0.717) is 11.1 Å². The largest absolute Gasteiger partial charge is 0.461 e. The molecule has 1 atom stereocenters. The summed E-state index contributed by atoms with van der Waals surface area (Å²) in [6.45, 7) is 19.8. The van der Waals surface area contributed by atoms with Gasteiger partial charge < -0.3 is 14.4 Å². The lowest BCUT2D eigenvalue weighted by atomic mass is 9.82. The summed E-state index contributed by atoms with van der Waals surface area (Å²) in [7, 11) is 0. The van der Waals surface area contributed by atoms with Crippen molar-refractivity contribution in [2.75, 3.05) is 18.0 Å². The van der Waals surface area contributed by atoms with Gasteiger partial charge in [-0.1, -0.05) is 20.4 Å². The highest BCUT2D eigenvalue weighted by atomic mass is 79.9. The van der Waals surface area contributed by atoms with Gasteiger partial charge in [-0.3, -0.25) is 4.98 Å². The molecule has 2 heterocycles. The quantitative estimate of drug-likeness (QED) is 0.486. The standard InChI is InChI=1S/C23H35BrN2O3/c1-9-17-18(20(29-22(4,5)6)21(27)28-15(2)3)19(16(24)14-25-17)26-12-10-23(7,8)11-13-26/h9,14-15,20H,1,10-13H2,2-8H3/t20-/m0/s1. The van der Waals surface area contributed by atoms with Crippen LogP contribution in [0.2, 0.25) is 0 Å². The van der Waals surface area contributed by atoms with Crippen LogP contribution in [0.1, 0.15) is 78.7 Å². The van der Waals surface area contributed by atoms with Crippen molar-refractivity contribution in [3.8, 4) is 0 Å². The molecule has 1 fully saturated rings. The first-order valence-corrected chi connectivity index (χ1v) is 11.1. The molecule has 1 aromatic rings. The minimum absolute atomic E-state index is 0.236. The number of rotatable bonds is 6. The summed E-state index contributed by atoms with van der Waals surface area (Å²) in [5.74, 6) is -0.406. The van der Waals surface area contributed by atoms with Crippen LogP contribution >= 0.6 is 15.9 Å². The van der Waals surface area contributed by atoms with E-state index in [2.05, 4.69) is 46.2 Å². The van der Waals surface area contributed by atoms with Gasteiger partial charge >= 0.3 is 5.97 Å². The molecule has 1 aromatic heterocycles. The fourth-order valence-corrected chi connectivity index (χ4v) is 4.02. The van der Waals surface area contributed by atoms with E-state index in [0.717, 1.165) is 41.7 Å². The molecule has 0 amide bonds. The highest BCUT2D eigenvalue weighted by molar-refractivity contribution is 9.10. The van der Waals surface area contributed by atoms with Gasteiger partial charge in [0.15, 0.2) is 6.10 Å². The van der Waals surface area contributed by atoms with Crippen molar-refractivity contribution < 1.29 is 14.3 Å². The van der Waals surface area contributed by atoms with Crippen LogP contribution < -0.4 is 4.90 Å². The average Bonchev–Trinajstić information content (AvgIpc) is 2.58. The zero-order chi connectivity index (χ0) is 22.0. The zero-order valence-corrected chi connectivity index (χ0v) is 20.4. The molecule has 0 bridgehead atoms. The average molecular weight is 467 g/mol. The lowest BCUT2D eigenvalue weighted by Crippen LogP contribution is -2.39. The Bertz CT molecular complexity index is 743. The van der Waals surface area contributed by atoms with E-state index in [1.165, 1.54) is 0 Å². The summed E-state index contributed by atoms with van der Waals surface area (Å²) >= 11 is 3.68. The third-order valence-corrected chi connectivity index (χ3v) is 5.58. The Kier molecular flexibility index (Phi) is 7.55. The molecule has 29 heavy (non-hydrogen) atoms. The molecule has 0 radical (unpaired) electrons. The summed E-state index contributed by atoms with van der Waals surface area (Å²) in [4.78, 5) is 19.9. The van der Waals surface area contributed by atoms with Gasteiger partial charge in [0, 0.05) is 24.8 Å². The Morgan fingerprint density at radius 2 is 1.90 bits per heavy atom. The van der Waals surface area contributed by atoms with Crippen LogP contribution in [0.4, 0.5) is 5.69 Å². The summed E-state index contributed by atoms with van der Waals surface area (Å²) in [6.07, 6.45) is 4.48. The van der Waals surface area contributed by atoms with E-state index in [1.807, 2.05) is 34.6 Å². The van der Waals surface area contributed by atoms with Crippen LogP contribution in [0.15, 0.2) is 17.2 Å². The van der Waals surface area contributed by atoms with E-state index < -0.39 is 17.7 Å². The molecular formula is C23H35BrN2O3. The number of hydrogen-bond acceptors (Lipinski definition) is 5. The van der Waals surface area contributed by atoms with Gasteiger partial charge in [-0.25, -0.2) is 4.79 Å². The van der Waals surface area contributed by atoms with Gasteiger partial charge in [-0.2, -0.15) is 0 Å². The maximum absolute atomic E-state index is 13.1. The molecule has 5 nitrogen and oxygen atoms in total. The molecule has 162 valence electrons. The van der Waals surface area contributed by atoms with Crippen LogP contribution in [-0.4, -0.2) is 35.7 Å². The predicted molar refractivity (Wildman–Crippen MR) is 122 cm³/mol. The molecule has 1 saturated heterocycles. The van der Waals surface area contributed by atoms with E-state index in [1.54, 1.807) is 12.3 Å². The maximum atomic E-state index is 13.1. The second kappa shape index (κ2) is 9.17. The van der Waals surface area contributed by atoms with Gasteiger partial charge in [0.1, 0.15) is 0 Å². The third-order valence-electron chi connectivity index (χ3n) is 5.00. The van der Waals surface area contributed by atoms with Crippen molar-refractivity contribution in [3.05, 3.63) is 28.5 Å². The van der Waals surface area contributed by atoms with Crippen molar-refractivity contribution in [2.24, 2.45) is 5.41 Å². The van der Waals surface area contributed by atoms with Crippen LogP contribution in [0.3, 0.4) is 0 Å². The van der Waals surface area contributed by atoms with E-state index in [4.69, 9.17) is 9.47 Å². The third kappa shape index (κ3) is 6.29. The van der Waals surface area contributed by atoms with Crippen molar-refractivity contribution in [1.29, 1.82) is 0 Å². The minimum Gasteiger partial charge on any atom is -0.461 e. The van der Waals surface area contributed by atoms with Crippen molar-refractivity contribution in [1.82, 2.24) is 4.98 Å². The van der Waals surface area contributed by atoms with Crippen molar-refractivity contribution >= 4 is 33.7 Å². The van der Waals surface area contributed by atoms with Gasteiger partial charge in [0.2, 0.25) is 0 Å². The fraction of sp³-hybridized carbons (Fsp3) is 0.652. The number of halogens is 1. The first-order chi connectivity index (χ1) is 13.3. The first-order valence-electron chi connectivity index (χ1n) is 10.3. The van der Waals surface area contributed by atoms with Gasteiger partial charge in [-0.15, -0.1) is 0 Å². The summed E-state index contributed by atoms with van der Waals surface area (Å²) < 4.78 is 12.7. The zero-order valence-electron chi connectivity index (χ0n) is 18.8. The Morgan fingerprint density at radius 3 is 2.38 bits per heavy atom. The van der Waals surface area contributed by atoms with Crippen LogP contribution in [0.25, 0.3) is 6.08 Å². The minimum atomic E-state index is -0.889. The van der Waals surface area contributed by atoms with Gasteiger partial charge in [0.05, 0.1) is 27.6 Å². The topological polar surface area (TPSA) is 51.7 Å². The summed E-state index contributed by atoms with van der Waals surface area (Å²) in [6, 6.07) is 0. The number of piperidine rings is 1. The second-order valence-corrected chi connectivity index (χ2v) is 10.6.